The van der Waals surface area contributed by atoms with Crippen LogP contribution in [-0.4, -0.2) is 44.5 Å². The van der Waals surface area contributed by atoms with Crippen molar-refractivity contribution >= 4 is 0 Å². The Morgan fingerprint density at radius 2 is 1.27 bits per heavy atom. The number of nitrogens with zero attached hydrogens (tertiary/aromatic N) is 1. The molecule has 1 saturated heterocycles. The van der Waals surface area contributed by atoms with Gasteiger partial charge in [-0.25, -0.2) is 0 Å². The van der Waals surface area contributed by atoms with Gasteiger partial charge in [-0.2, -0.15) is 0 Å². The maximum Gasteiger partial charge on any atom is 0.158 e. The summed E-state index contributed by atoms with van der Waals surface area (Å²) in [6.07, 6.45) is 29.0. The molecule has 0 radical (unpaired) electrons. The monoisotopic (exact) mass is 423 g/mol. The summed E-state index contributed by atoms with van der Waals surface area (Å²) in [5.41, 5.74) is 0. The molecule has 178 valence electrons. The fourth-order valence-corrected chi connectivity index (χ4v) is 4.17. The van der Waals surface area contributed by atoms with Gasteiger partial charge >= 0.3 is 0 Å². The lowest BCUT2D eigenvalue weighted by Gasteiger charge is -2.12. The van der Waals surface area contributed by atoms with Gasteiger partial charge < -0.3 is 14.4 Å². The molecule has 2 unspecified atom stereocenters. The molecule has 1 heterocycles. The Morgan fingerprint density at radius 1 is 0.700 bits per heavy atom. The zero-order chi connectivity index (χ0) is 21.7. The number of ether oxygens (including phenoxy) is 2. The van der Waals surface area contributed by atoms with Crippen LogP contribution in [-0.2, 0) is 9.47 Å². The predicted molar refractivity (Wildman–Crippen MR) is 131 cm³/mol. The van der Waals surface area contributed by atoms with Gasteiger partial charge in [0.2, 0.25) is 0 Å². The molecule has 1 aliphatic heterocycles. The van der Waals surface area contributed by atoms with Gasteiger partial charge in [0, 0.05) is 0 Å². The molecule has 3 nitrogen and oxygen atoms in total. The van der Waals surface area contributed by atoms with E-state index in [4.69, 9.17) is 9.47 Å². The molecule has 1 aliphatic rings. The van der Waals surface area contributed by atoms with Gasteiger partial charge in [-0.1, -0.05) is 76.9 Å². The predicted octanol–water partition coefficient (Wildman–Crippen LogP) is 7.89. The summed E-state index contributed by atoms with van der Waals surface area (Å²) in [6, 6.07) is 0. The van der Waals surface area contributed by atoms with Crippen LogP contribution in [0, 0.1) is 0 Å². The van der Waals surface area contributed by atoms with Crippen molar-refractivity contribution < 1.29 is 9.47 Å². The van der Waals surface area contributed by atoms with Crippen molar-refractivity contribution in [2.75, 3.05) is 27.2 Å². The second-order valence-electron chi connectivity index (χ2n) is 9.55. The SMILES string of the molecule is CCCCCCCC/C=C\CCCCCCCCC1OCC(CCCCN(C)C)O1. The minimum Gasteiger partial charge on any atom is -0.350 e. The molecule has 30 heavy (non-hydrogen) atoms. The summed E-state index contributed by atoms with van der Waals surface area (Å²) in [5, 5.41) is 0. The summed E-state index contributed by atoms with van der Waals surface area (Å²) in [7, 11) is 4.28. The topological polar surface area (TPSA) is 21.7 Å². The van der Waals surface area contributed by atoms with Crippen LogP contribution in [0.4, 0.5) is 0 Å². The molecule has 0 N–H and O–H groups in total. The molecule has 0 spiro atoms. The van der Waals surface area contributed by atoms with Crippen LogP contribution in [0.2, 0.25) is 0 Å². The zero-order valence-electron chi connectivity index (χ0n) is 20.7. The quantitative estimate of drug-likeness (QED) is 0.138. The molecule has 0 aromatic carbocycles. The zero-order valence-corrected chi connectivity index (χ0v) is 20.7. The highest BCUT2D eigenvalue weighted by Gasteiger charge is 2.24. The fourth-order valence-electron chi connectivity index (χ4n) is 4.17. The van der Waals surface area contributed by atoms with Gasteiger partial charge in [0.05, 0.1) is 12.7 Å². The highest BCUT2D eigenvalue weighted by molar-refractivity contribution is 4.81. The third kappa shape index (κ3) is 17.3. The molecule has 0 aliphatic carbocycles. The van der Waals surface area contributed by atoms with E-state index in [1.165, 1.54) is 109 Å². The van der Waals surface area contributed by atoms with Crippen LogP contribution >= 0.6 is 0 Å². The second-order valence-corrected chi connectivity index (χ2v) is 9.55. The summed E-state index contributed by atoms with van der Waals surface area (Å²) >= 11 is 0. The Hall–Kier alpha value is -0.380. The van der Waals surface area contributed by atoms with Crippen molar-refractivity contribution in [2.45, 2.75) is 135 Å². The normalized spacial score (nSPS) is 19.5. The van der Waals surface area contributed by atoms with Gasteiger partial charge in [-0.3, -0.25) is 0 Å². The first-order valence-electron chi connectivity index (χ1n) is 13.3. The molecule has 1 fully saturated rings. The largest absolute Gasteiger partial charge is 0.350 e. The molecule has 0 amide bonds. The molecule has 0 bridgehead atoms. The second kappa shape index (κ2) is 20.5. The lowest BCUT2D eigenvalue weighted by molar-refractivity contribution is -0.0643. The van der Waals surface area contributed by atoms with Gasteiger partial charge in [-0.15, -0.1) is 0 Å². The van der Waals surface area contributed by atoms with Crippen LogP contribution in [0.25, 0.3) is 0 Å². The van der Waals surface area contributed by atoms with E-state index in [9.17, 15) is 0 Å². The maximum atomic E-state index is 6.05. The van der Waals surface area contributed by atoms with Crippen molar-refractivity contribution in [3.8, 4) is 0 Å². The van der Waals surface area contributed by atoms with E-state index in [0.717, 1.165) is 19.4 Å². The molecule has 0 saturated carbocycles. The number of hydrogen-bond donors (Lipinski definition) is 0. The summed E-state index contributed by atoms with van der Waals surface area (Å²) < 4.78 is 11.9. The average molecular weight is 424 g/mol. The Morgan fingerprint density at radius 3 is 1.90 bits per heavy atom. The van der Waals surface area contributed by atoms with Crippen molar-refractivity contribution in [2.24, 2.45) is 0 Å². The highest BCUT2D eigenvalue weighted by atomic mass is 16.7. The van der Waals surface area contributed by atoms with E-state index in [-0.39, 0.29) is 6.29 Å². The molecule has 0 aromatic heterocycles. The van der Waals surface area contributed by atoms with Gasteiger partial charge in [-0.05, 0) is 78.4 Å². The lowest BCUT2D eigenvalue weighted by atomic mass is 10.1. The first-order chi connectivity index (χ1) is 14.7. The van der Waals surface area contributed by atoms with Crippen molar-refractivity contribution in [3.05, 3.63) is 12.2 Å². The van der Waals surface area contributed by atoms with Gasteiger partial charge in [0.1, 0.15) is 0 Å². The van der Waals surface area contributed by atoms with E-state index in [1.54, 1.807) is 0 Å². The standard InChI is InChI=1S/C27H53NO2/c1-4-5-6-7-8-9-10-11-12-13-14-15-16-17-18-19-23-27-29-25-26(30-27)22-20-21-24-28(2)3/h11-12,26-27H,4-10,13-25H2,1-3H3/b12-11-. The minimum absolute atomic E-state index is 0.0700. The molecular weight excluding hydrogens is 370 g/mol. The maximum absolute atomic E-state index is 6.05. The Labute approximate surface area is 189 Å². The minimum atomic E-state index is 0.0700. The van der Waals surface area contributed by atoms with Crippen molar-refractivity contribution in [3.63, 3.8) is 0 Å². The van der Waals surface area contributed by atoms with Gasteiger partial charge in [0.25, 0.3) is 0 Å². The van der Waals surface area contributed by atoms with Gasteiger partial charge in [0.15, 0.2) is 6.29 Å². The molecule has 1 rings (SSSR count). The molecule has 3 heteroatoms. The molecule has 0 aromatic rings. The van der Waals surface area contributed by atoms with Crippen LogP contribution in [0.15, 0.2) is 12.2 Å². The first-order valence-corrected chi connectivity index (χ1v) is 13.3. The van der Waals surface area contributed by atoms with E-state index >= 15 is 0 Å². The van der Waals surface area contributed by atoms with E-state index in [0.29, 0.717) is 6.10 Å². The summed E-state index contributed by atoms with van der Waals surface area (Å²) in [5.74, 6) is 0. The number of allylic oxidation sites excluding steroid dienone is 2. The average Bonchev–Trinajstić information content (AvgIpc) is 3.18. The number of unbranched alkanes of at least 4 members (excludes halogenated alkanes) is 13. The summed E-state index contributed by atoms with van der Waals surface area (Å²) in [4.78, 5) is 2.25. The van der Waals surface area contributed by atoms with Crippen LogP contribution in [0.5, 0.6) is 0 Å². The Kier molecular flexibility index (Phi) is 18.9. The number of hydrogen-bond acceptors (Lipinski definition) is 3. The van der Waals surface area contributed by atoms with E-state index < -0.39 is 0 Å². The smallest absolute Gasteiger partial charge is 0.158 e. The van der Waals surface area contributed by atoms with Crippen LogP contribution < -0.4 is 0 Å². The summed E-state index contributed by atoms with van der Waals surface area (Å²) in [6.45, 7) is 4.26. The lowest BCUT2D eigenvalue weighted by Crippen LogP contribution is -2.15. The molecule has 2 atom stereocenters. The highest BCUT2D eigenvalue weighted by Crippen LogP contribution is 2.21. The Bertz CT molecular complexity index is 383. The fraction of sp³-hybridized carbons (Fsp3) is 0.926. The molecular formula is C27H53NO2. The number of rotatable bonds is 21. The van der Waals surface area contributed by atoms with Crippen molar-refractivity contribution in [1.29, 1.82) is 0 Å². The van der Waals surface area contributed by atoms with E-state index in [1.807, 2.05) is 0 Å². The third-order valence-corrected chi connectivity index (χ3v) is 6.15. The van der Waals surface area contributed by atoms with Crippen molar-refractivity contribution in [1.82, 2.24) is 4.90 Å². The van der Waals surface area contributed by atoms with Crippen LogP contribution in [0.1, 0.15) is 122 Å². The Balaban J connectivity index is 1.79. The first kappa shape index (κ1) is 27.7. The van der Waals surface area contributed by atoms with E-state index in [2.05, 4.69) is 38.1 Å². The third-order valence-electron chi connectivity index (χ3n) is 6.15. The van der Waals surface area contributed by atoms with Crippen LogP contribution in [0.3, 0.4) is 0 Å².